The number of carbonyl (C=O) groups is 2. The van der Waals surface area contributed by atoms with Crippen molar-refractivity contribution >= 4 is 34.0 Å². The average Bonchev–Trinajstić information content (AvgIpc) is 2.76. The third kappa shape index (κ3) is 2.80. The van der Waals surface area contributed by atoms with E-state index in [9.17, 15) is 18.4 Å². The fourth-order valence-electron chi connectivity index (χ4n) is 1.56. The third-order valence-electron chi connectivity index (χ3n) is 2.32. The molecule has 1 heterocycles. The Bertz CT molecular complexity index is 667. The summed E-state index contributed by atoms with van der Waals surface area (Å²) >= 11 is 0.889. The van der Waals surface area contributed by atoms with Gasteiger partial charge in [0.2, 0.25) is 5.91 Å². The van der Waals surface area contributed by atoms with E-state index in [1.165, 1.54) is 12.3 Å². The highest BCUT2D eigenvalue weighted by molar-refractivity contribution is 7.14. The lowest BCUT2D eigenvalue weighted by molar-refractivity contribution is -0.115. The van der Waals surface area contributed by atoms with E-state index in [1.807, 2.05) is 0 Å². The zero-order valence-electron chi connectivity index (χ0n) is 10.1. The fraction of sp³-hybridized carbons (Fsp3) is 0.0833. The number of halogens is 2. The molecule has 1 amide bonds. The summed E-state index contributed by atoms with van der Waals surface area (Å²) in [6.07, 6.45) is 0. The molecule has 5 nitrogen and oxygen atoms in total. The van der Waals surface area contributed by atoms with Gasteiger partial charge in [-0.3, -0.25) is 9.69 Å². The van der Waals surface area contributed by atoms with E-state index in [0.29, 0.717) is 6.07 Å². The Hall–Kier alpha value is -2.35. The van der Waals surface area contributed by atoms with Gasteiger partial charge in [-0.15, -0.1) is 11.3 Å². The highest BCUT2D eigenvalue weighted by Gasteiger charge is 2.20. The van der Waals surface area contributed by atoms with Crippen molar-refractivity contribution < 1.29 is 23.5 Å². The molecule has 2 aromatic rings. The minimum Gasteiger partial charge on any atom is -0.476 e. The van der Waals surface area contributed by atoms with Crippen LogP contribution in [-0.2, 0) is 4.79 Å². The van der Waals surface area contributed by atoms with Gasteiger partial charge in [-0.2, -0.15) is 0 Å². The lowest BCUT2D eigenvalue weighted by atomic mass is 10.2. The fourth-order valence-corrected chi connectivity index (χ4v) is 2.42. The molecule has 0 aliphatic carbocycles. The number of carboxylic acid groups (broad SMARTS) is 1. The first-order chi connectivity index (χ1) is 9.38. The molecule has 0 fully saturated rings. The number of amides is 1. The van der Waals surface area contributed by atoms with Crippen molar-refractivity contribution in [2.75, 3.05) is 4.90 Å². The molecule has 0 saturated carbocycles. The van der Waals surface area contributed by atoms with Gasteiger partial charge in [0.15, 0.2) is 10.8 Å². The van der Waals surface area contributed by atoms with Crippen LogP contribution in [0.3, 0.4) is 0 Å². The molecule has 0 aliphatic rings. The van der Waals surface area contributed by atoms with Crippen LogP contribution in [-0.4, -0.2) is 22.0 Å². The van der Waals surface area contributed by atoms with Crippen molar-refractivity contribution in [3.8, 4) is 0 Å². The number of nitrogens with zero attached hydrogens (tertiary/aromatic N) is 2. The minimum atomic E-state index is -1.25. The van der Waals surface area contributed by atoms with Crippen LogP contribution in [0.1, 0.15) is 17.4 Å². The SMILES string of the molecule is CC(=O)N(c1cc(F)cc(F)c1)c1nc(C(=O)O)cs1. The van der Waals surface area contributed by atoms with E-state index in [0.717, 1.165) is 28.4 Å². The number of aromatic nitrogens is 1. The van der Waals surface area contributed by atoms with Crippen LogP contribution in [0.25, 0.3) is 0 Å². The van der Waals surface area contributed by atoms with Gasteiger partial charge >= 0.3 is 5.97 Å². The van der Waals surface area contributed by atoms with Crippen LogP contribution < -0.4 is 4.90 Å². The van der Waals surface area contributed by atoms with Crippen LogP contribution >= 0.6 is 11.3 Å². The molecule has 0 atom stereocenters. The van der Waals surface area contributed by atoms with Gasteiger partial charge in [-0.1, -0.05) is 0 Å². The van der Waals surface area contributed by atoms with E-state index >= 15 is 0 Å². The molecule has 1 N–H and O–H groups in total. The first kappa shape index (κ1) is 14.1. The summed E-state index contributed by atoms with van der Waals surface area (Å²) in [5.41, 5.74) is -0.297. The highest BCUT2D eigenvalue weighted by Crippen LogP contribution is 2.29. The van der Waals surface area contributed by atoms with Gasteiger partial charge in [-0.25, -0.2) is 18.6 Å². The number of thiazole rings is 1. The van der Waals surface area contributed by atoms with E-state index < -0.39 is 23.5 Å². The molecule has 0 aliphatic heterocycles. The molecule has 0 saturated heterocycles. The Morgan fingerprint density at radius 1 is 1.25 bits per heavy atom. The van der Waals surface area contributed by atoms with Crippen LogP contribution in [0.2, 0.25) is 0 Å². The van der Waals surface area contributed by atoms with Gasteiger partial charge in [-0.05, 0) is 12.1 Å². The van der Waals surface area contributed by atoms with Gasteiger partial charge in [0.1, 0.15) is 11.6 Å². The van der Waals surface area contributed by atoms with Crippen molar-refractivity contribution in [2.45, 2.75) is 6.92 Å². The predicted molar refractivity (Wildman–Crippen MR) is 68.3 cm³/mol. The van der Waals surface area contributed by atoms with Crippen LogP contribution in [0.15, 0.2) is 23.6 Å². The normalized spacial score (nSPS) is 10.3. The number of benzene rings is 1. The Balaban J connectivity index is 2.50. The zero-order valence-corrected chi connectivity index (χ0v) is 10.9. The number of anilines is 2. The standard InChI is InChI=1S/C12H8F2N2O3S/c1-6(17)16(9-3-7(13)2-8(14)4-9)12-15-10(5-20-12)11(18)19/h2-5H,1H3,(H,18,19). The lowest BCUT2D eigenvalue weighted by Gasteiger charge is -2.18. The first-order valence-corrected chi connectivity index (χ1v) is 6.22. The van der Waals surface area contributed by atoms with Gasteiger partial charge < -0.3 is 5.11 Å². The first-order valence-electron chi connectivity index (χ1n) is 5.34. The molecule has 0 unspecified atom stereocenters. The van der Waals surface area contributed by atoms with Gasteiger partial charge in [0.25, 0.3) is 0 Å². The third-order valence-corrected chi connectivity index (χ3v) is 3.15. The Morgan fingerprint density at radius 2 is 1.85 bits per heavy atom. The second-order valence-electron chi connectivity index (χ2n) is 3.80. The summed E-state index contributed by atoms with van der Waals surface area (Å²) in [5, 5.41) is 10.1. The van der Waals surface area contributed by atoms with Crippen molar-refractivity contribution in [2.24, 2.45) is 0 Å². The molecule has 1 aromatic heterocycles. The average molecular weight is 298 g/mol. The summed E-state index contributed by atoms with van der Waals surface area (Å²) in [5.74, 6) is -3.48. The molecule has 1 aromatic carbocycles. The monoisotopic (exact) mass is 298 g/mol. The molecule has 8 heteroatoms. The van der Waals surface area contributed by atoms with E-state index in [1.54, 1.807) is 0 Å². The molecule has 0 bridgehead atoms. The summed E-state index contributed by atoms with van der Waals surface area (Å²) in [7, 11) is 0. The second kappa shape index (κ2) is 5.33. The summed E-state index contributed by atoms with van der Waals surface area (Å²) in [6.45, 7) is 1.19. The maximum atomic E-state index is 13.2. The van der Waals surface area contributed by atoms with E-state index in [-0.39, 0.29) is 16.5 Å². The van der Waals surface area contributed by atoms with E-state index in [2.05, 4.69) is 4.98 Å². The molecular formula is C12H8F2N2O3S. The molecule has 0 spiro atoms. The zero-order chi connectivity index (χ0) is 14.9. The number of hydrogen-bond donors (Lipinski definition) is 1. The van der Waals surface area contributed by atoms with Crippen molar-refractivity contribution in [1.29, 1.82) is 0 Å². The van der Waals surface area contributed by atoms with Crippen LogP contribution in [0.4, 0.5) is 19.6 Å². The van der Waals surface area contributed by atoms with Crippen molar-refractivity contribution in [1.82, 2.24) is 4.98 Å². The van der Waals surface area contributed by atoms with Crippen LogP contribution in [0, 0.1) is 11.6 Å². The summed E-state index contributed by atoms with van der Waals surface area (Å²) in [4.78, 5) is 27.1. The minimum absolute atomic E-state index is 0.0277. The number of carbonyl (C=O) groups excluding carboxylic acids is 1. The van der Waals surface area contributed by atoms with Crippen LogP contribution in [0.5, 0.6) is 0 Å². The molecule has 104 valence electrons. The topological polar surface area (TPSA) is 70.5 Å². The number of carboxylic acids is 1. The summed E-state index contributed by atoms with van der Waals surface area (Å²) < 4.78 is 26.4. The van der Waals surface area contributed by atoms with Gasteiger partial charge in [0, 0.05) is 18.4 Å². The number of rotatable bonds is 3. The maximum Gasteiger partial charge on any atom is 0.355 e. The van der Waals surface area contributed by atoms with Crippen molar-refractivity contribution in [3.63, 3.8) is 0 Å². The number of aromatic carboxylic acids is 1. The van der Waals surface area contributed by atoms with E-state index in [4.69, 9.17) is 5.11 Å². The number of hydrogen-bond acceptors (Lipinski definition) is 4. The summed E-state index contributed by atoms with van der Waals surface area (Å²) in [6, 6.07) is 2.60. The smallest absolute Gasteiger partial charge is 0.355 e. The largest absolute Gasteiger partial charge is 0.476 e. The molecular weight excluding hydrogens is 290 g/mol. The maximum absolute atomic E-state index is 13.2. The van der Waals surface area contributed by atoms with Crippen molar-refractivity contribution in [3.05, 3.63) is 40.9 Å². The Kier molecular flexibility index (Phi) is 3.75. The Morgan fingerprint density at radius 3 is 2.30 bits per heavy atom. The highest BCUT2D eigenvalue weighted by atomic mass is 32.1. The second-order valence-corrected chi connectivity index (χ2v) is 4.64. The Labute approximate surface area is 116 Å². The quantitative estimate of drug-likeness (QED) is 0.946. The molecule has 2 rings (SSSR count). The predicted octanol–water partition coefficient (Wildman–Crippen LogP) is 2.80. The molecule has 20 heavy (non-hydrogen) atoms. The van der Waals surface area contributed by atoms with Gasteiger partial charge in [0.05, 0.1) is 5.69 Å². The molecule has 0 radical (unpaired) electrons. The lowest BCUT2D eigenvalue weighted by Crippen LogP contribution is -2.23.